The Morgan fingerprint density at radius 1 is 1.06 bits per heavy atom. The third kappa shape index (κ3) is 5.87. The third-order valence-electron chi connectivity index (χ3n) is 5.67. The summed E-state index contributed by atoms with van der Waals surface area (Å²) in [7, 11) is 3.65. The summed E-state index contributed by atoms with van der Waals surface area (Å²) in [4.78, 5) is 19.7. The smallest absolute Gasteiger partial charge is 0.252 e. The van der Waals surface area contributed by atoms with Gasteiger partial charge in [-0.1, -0.05) is 30.7 Å². The summed E-state index contributed by atoms with van der Waals surface area (Å²) >= 11 is 6.03. The molecule has 0 radical (unpaired) electrons. The molecule has 0 aliphatic carbocycles. The van der Waals surface area contributed by atoms with E-state index in [1.165, 1.54) is 0 Å². The van der Waals surface area contributed by atoms with Crippen LogP contribution in [0.25, 0.3) is 5.65 Å². The predicted molar refractivity (Wildman–Crippen MR) is 139 cm³/mol. The number of carbonyl (C=O) groups excluding carboxylic acids is 1. The van der Waals surface area contributed by atoms with Gasteiger partial charge in [-0.05, 0) is 60.5 Å². The molecule has 4 aromatic rings. The van der Waals surface area contributed by atoms with Crippen LogP contribution < -0.4 is 19.7 Å². The van der Waals surface area contributed by atoms with Gasteiger partial charge < -0.3 is 19.7 Å². The molecule has 1 amide bonds. The first-order chi connectivity index (χ1) is 17.0. The van der Waals surface area contributed by atoms with E-state index in [2.05, 4.69) is 17.1 Å². The van der Waals surface area contributed by atoms with Crippen molar-refractivity contribution >= 4 is 29.0 Å². The monoisotopic (exact) mass is 492 g/mol. The van der Waals surface area contributed by atoms with Gasteiger partial charge >= 0.3 is 0 Å². The Labute approximate surface area is 210 Å². The van der Waals surface area contributed by atoms with Gasteiger partial charge in [0.25, 0.3) is 5.91 Å². The molecule has 2 aromatic heterocycles. The molecule has 0 spiro atoms. The van der Waals surface area contributed by atoms with E-state index in [9.17, 15) is 4.79 Å². The largest absolute Gasteiger partial charge is 0.497 e. The molecule has 0 fully saturated rings. The number of hydrogen-bond donors (Lipinski definition) is 1. The number of methoxy groups -OCH3 is 1. The summed E-state index contributed by atoms with van der Waals surface area (Å²) in [6.45, 7) is 3.52. The highest BCUT2D eigenvalue weighted by atomic mass is 35.5. The molecule has 35 heavy (non-hydrogen) atoms. The van der Waals surface area contributed by atoms with Crippen LogP contribution >= 0.6 is 11.6 Å². The minimum absolute atomic E-state index is 0.164. The van der Waals surface area contributed by atoms with E-state index in [4.69, 9.17) is 26.1 Å². The molecular formula is C27H29ClN4O3. The Bertz CT molecular complexity index is 1290. The Balaban J connectivity index is 1.44. The van der Waals surface area contributed by atoms with Crippen molar-refractivity contribution in [3.8, 4) is 11.5 Å². The maximum absolute atomic E-state index is 12.8. The zero-order chi connectivity index (χ0) is 24.8. The van der Waals surface area contributed by atoms with E-state index < -0.39 is 0 Å². The lowest BCUT2D eigenvalue weighted by molar-refractivity contribution is 0.0946. The van der Waals surface area contributed by atoms with E-state index in [0.29, 0.717) is 30.3 Å². The first kappa shape index (κ1) is 24.4. The fourth-order valence-electron chi connectivity index (χ4n) is 3.90. The molecule has 182 valence electrons. The molecule has 0 aliphatic rings. The van der Waals surface area contributed by atoms with E-state index in [-0.39, 0.29) is 5.91 Å². The van der Waals surface area contributed by atoms with Crippen molar-refractivity contribution in [2.75, 3.05) is 32.2 Å². The SMILES string of the molecule is CCc1nc2ccc(C(=O)NCCOc3ccc(OC)cc3)cn2c1N(C)Cc1ccc(Cl)cc1. The van der Waals surface area contributed by atoms with Crippen molar-refractivity contribution < 1.29 is 14.3 Å². The van der Waals surface area contributed by atoms with Gasteiger partial charge in [0.15, 0.2) is 0 Å². The van der Waals surface area contributed by atoms with Gasteiger partial charge in [-0.2, -0.15) is 0 Å². The van der Waals surface area contributed by atoms with Gasteiger partial charge in [0, 0.05) is 24.8 Å². The Morgan fingerprint density at radius 2 is 1.77 bits per heavy atom. The lowest BCUT2D eigenvalue weighted by Crippen LogP contribution is -2.28. The zero-order valence-corrected chi connectivity index (χ0v) is 20.9. The number of fused-ring (bicyclic) bond motifs is 1. The number of nitrogens with one attached hydrogen (secondary N) is 1. The summed E-state index contributed by atoms with van der Waals surface area (Å²) in [5.41, 5.74) is 3.48. The molecule has 0 aliphatic heterocycles. The Kier molecular flexibility index (Phi) is 7.77. The highest BCUT2D eigenvalue weighted by molar-refractivity contribution is 6.30. The van der Waals surface area contributed by atoms with Crippen LogP contribution in [0, 0.1) is 0 Å². The van der Waals surface area contributed by atoms with Crippen molar-refractivity contribution in [2.24, 2.45) is 0 Å². The number of hydrogen-bond acceptors (Lipinski definition) is 5. The Hall–Kier alpha value is -3.71. The molecule has 0 saturated heterocycles. The van der Waals surface area contributed by atoms with Crippen LogP contribution in [-0.4, -0.2) is 42.6 Å². The molecular weight excluding hydrogens is 464 g/mol. The summed E-state index contributed by atoms with van der Waals surface area (Å²) in [6, 6.07) is 18.8. The highest BCUT2D eigenvalue weighted by Crippen LogP contribution is 2.25. The fraction of sp³-hybridized carbons (Fsp3) is 0.259. The minimum Gasteiger partial charge on any atom is -0.497 e. The zero-order valence-electron chi connectivity index (χ0n) is 20.1. The van der Waals surface area contributed by atoms with E-state index in [0.717, 1.165) is 40.6 Å². The van der Waals surface area contributed by atoms with Gasteiger partial charge in [0.05, 0.1) is 24.9 Å². The number of ether oxygens (including phenoxy) is 2. The van der Waals surface area contributed by atoms with Crippen molar-refractivity contribution in [1.82, 2.24) is 14.7 Å². The second kappa shape index (κ2) is 11.1. The number of carbonyl (C=O) groups is 1. The molecule has 2 aromatic carbocycles. The molecule has 1 N–H and O–H groups in total. The van der Waals surface area contributed by atoms with E-state index in [1.54, 1.807) is 13.2 Å². The first-order valence-corrected chi connectivity index (χ1v) is 11.9. The first-order valence-electron chi connectivity index (χ1n) is 11.5. The van der Waals surface area contributed by atoms with Crippen LogP contribution in [0.5, 0.6) is 11.5 Å². The average Bonchev–Trinajstić information content (AvgIpc) is 3.26. The minimum atomic E-state index is -0.164. The van der Waals surface area contributed by atoms with Gasteiger partial charge in [-0.15, -0.1) is 0 Å². The number of pyridine rings is 1. The lowest BCUT2D eigenvalue weighted by Gasteiger charge is -2.20. The molecule has 0 bridgehead atoms. The van der Waals surface area contributed by atoms with Crippen molar-refractivity contribution in [1.29, 1.82) is 0 Å². The highest BCUT2D eigenvalue weighted by Gasteiger charge is 2.17. The summed E-state index contributed by atoms with van der Waals surface area (Å²) in [5.74, 6) is 2.29. The number of anilines is 1. The number of imidazole rings is 1. The number of benzene rings is 2. The van der Waals surface area contributed by atoms with Crippen molar-refractivity contribution in [3.63, 3.8) is 0 Å². The van der Waals surface area contributed by atoms with Crippen LogP contribution in [0.3, 0.4) is 0 Å². The third-order valence-corrected chi connectivity index (χ3v) is 5.92. The van der Waals surface area contributed by atoms with Crippen LogP contribution in [0.1, 0.15) is 28.5 Å². The number of aromatic nitrogens is 2. The Morgan fingerprint density at radius 3 is 2.46 bits per heavy atom. The van der Waals surface area contributed by atoms with Gasteiger partial charge in [-0.3, -0.25) is 9.20 Å². The van der Waals surface area contributed by atoms with Crippen LogP contribution in [0.4, 0.5) is 5.82 Å². The van der Waals surface area contributed by atoms with Gasteiger partial charge in [0.2, 0.25) is 0 Å². The second-order valence-electron chi connectivity index (χ2n) is 8.14. The molecule has 2 heterocycles. The summed E-state index contributed by atoms with van der Waals surface area (Å²) in [6.07, 6.45) is 2.63. The standard InChI is InChI=1S/C27H29ClN4O3/c1-4-24-27(31(2)17-19-5-8-21(28)9-6-19)32-18-20(7-14-25(32)30-24)26(33)29-15-16-35-23-12-10-22(34-3)11-13-23/h5-14,18H,4,15-17H2,1-3H3,(H,29,33). The maximum atomic E-state index is 12.8. The number of amides is 1. The van der Waals surface area contributed by atoms with E-state index in [1.807, 2.05) is 72.2 Å². The van der Waals surface area contributed by atoms with Crippen LogP contribution in [0.15, 0.2) is 66.9 Å². The number of halogens is 1. The normalized spacial score (nSPS) is 10.9. The van der Waals surface area contributed by atoms with Crippen molar-refractivity contribution in [3.05, 3.63) is 88.7 Å². The molecule has 8 heteroatoms. The van der Waals surface area contributed by atoms with Crippen molar-refractivity contribution in [2.45, 2.75) is 19.9 Å². The lowest BCUT2D eigenvalue weighted by atomic mass is 10.2. The second-order valence-corrected chi connectivity index (χ2v) is 8.58. The number of nitrogens with zero attached hydrogens (tertiary/aromatic N) is 3. The predicted octanol–water partition coefficient (Wildman–Crippen LogP) is 5.00. The molecule has 0 atom stereocenters. The summed E-state index contributed by atoms with van der Waals surface area (Å²) in [5, 5.41) is 3.64. The molecule has 0 unspecified atom stereocenters. The topological polar surface area (TPSA) is 68.1 Å². The quantitative estimate of drug-likeness (QED) is 0.315. The average molecular weight is 493 g/mol. The number of aryl methyl sites for hydroxylation is 1. The molecule has 4 rings (SSSR count). The van der Waals surface area contributed by atoms with E-state index >= 15 is 0 Å². The summed E-state index contributed by atoms with van der Waals surface area (Å²) < 4.78 is 12.8. The van der Waals surface area contributed by atoms with Gasteiger partial charge in [-0.25, -0.2) is 4.98 Å². The van der Waals surface area contributed by atoms with Crippen LogP contribution in [-0.2, 0) is 13.0 Å². The number of rotatable bonds is 10. The maximum Gasteiger partial charge on any atom is 0.252 e. The van der Waals surface area contributed by atoms with Crippen LogP contribution in [0.2, 0.25) is 5.02 Å². The van der Waals surface area contributed by atoms with Gasteiger partial charge in [0.1, 0.15) is 29.6 Å². The molecule has 0 saturated carbocycles. The fourth-order valence-corrected chi connectivity index (χ4v) is 4.03. The molecule has 7 nitrogen and oxygen atoms in total.